The van der Waals surface area contributed by atoms with Gasteiger partial charge in [0.25, 0.3) is 5.91 Å². The molecule has 1 unspecified atom stereocenters. The van der Waals surface area contributed by atoms with Crippen molar-refractivity contribution in [2.45, 2.75) is 46.3 Å². The summed E-state index contributed by atoms with van der Waals surface area (Å²) in [6.07, 6.45) is -0.271. The zero-order chi connectivity index (χ0) is 29.2. The minimum atomic E-state index is -0.944. The van der Waals surface area contributed by atoms with E-state index in [0.717, 1.165) is 11.6 Å². The minimum Gasteiger partial charge on any atom is -0.496 e. The average Bonchev–Trinajstić information content (AvgIpc) is 3.49. The second kappa shape index (κ2) is 11.3. The van der Waals surface area contributed by atoms with E-state index in [1.807, 2.05) is 20.8 Å². The molecule has 210 valence electrons. The van der Waals surface area contributed by atoms with Gasteiger partial charge in [0.1, 0.15) is 34.7 Å². The van der Waals surface area contributed by atoms with Crippen molar-refractivity contribution in [2.24, 2.45) is 11.3 Å². The van der Waals surface area contributed by atoms with Crippen LogP contribution < -0.4 is 15.8 Å². The SMILES string of the molecule is COc1ccc(F)cc1C(=O)NCc1ccc(-c2nn(C[C@H]3CCN(C(=O)O)C3C(C)(C)C)c(N)c2C#N)cc1. The zero-order valence-electron chi connectivity index (χ0n) is 22.9. The van der Waals surface area contributed by atoms with Crippen LogP contribution in [0.15, 0.2) is 42.5 Å². The molecule has 3 aromatic rings. The molecular weight excluding hydrogens is 515 g/mol. The van der Waals surface area contributed by atoms with Crippen LogP contribution in [0.3, 0.4) is 0 Å². The van der Waals surface area contributed by atoms with Crippen molar-refractivity contribution in [3.63, 3.8) is 0 Å². The molecule has 0 saturated carbocycles. The molecule has 4 rings (SSSR count). The monoisotopic (exact) mass is 548 g/mol. The fourth-order valence-electron chi connectivity index (χ4n) is 5.50. The van der Waals surface area contributed by atoms with Crippen molar-refractivity contribution in [2.75, 3.05) is 19.4 Å². The van der Waals surface area contributed by atoms with Gasteiger partial charge < -0.3 is 25.8 Å². The largest absolute Gasteiger partial charge is 0.496 e. The van der Waals surface area contributed by atoms with Crippen LogP contribution in [0.1, 0.15) is 48.7 Å². The summed E-state index contributed by atoms with van der Waals surface area (Å²) < 4.78 is 20.4. The van der Waals surface area contributed by atoms with Crippen LogP contribution in [-0.4, -0.2) is 51.5 Å². The van der Waals surface area contributed by atoms with Crippen LogP contribution in [0.25, 0.3) is 11.3 Å². The fraction of sp³-hybridized carbons (Fsp3) is 0.379. The Bertz CT molecular complexity index is 1450. The Morgan fingerprint density at radius 2 is 1.95 bits per heavy atom. The number of hydrogen-bond acceptors (Lipinski definition) is 6. The van der Waals surface area contributed by atoms with E-state index >= 15 is 0 Å². The number of nitrogen functional groups attached to an aromatic ring is 1. The number of nitrogens with zero attached hydrogens (tertiary/aromatic N) is 4. The van der Waals surface area contributed by atoms with E-state index in [9.17, 15) is 24.3 Å². The number of carboxylic acid groups (broad SMARTS) is 1. The Kier molecular flexibility index (Phi) is 8.00. The number of nitrogens with one attached hydrogen (secondary N) is 1. The lowest BCUT2D eigenvalue weighted by molar-refractivity contribution is 0.0870. The van der Waals surface area contributed by atoms with Gasteiger partial charge in [0.2, 0.25) is 0 Å². The lowest BCUT2D eigenvalue weighted by Gasteiger charge is -2.37. The highest BCUT2D eigenvalue weighted by molar-refractivity contribution is 5.96. The Balaban J connectivity index is 1.51. The number of amides is 2. The quantitative estimate of drug-likeness (QED) is 0.394. The summed E-state index contributed by atoms with van der Waals surface area (Å²) >= 11 is 0. The second-order valence-electron chi connectivity index (χ2n) is 11.0. The minimum absolute atomic E-state index is 0.0135. The Morgan fingerprint density at radius 1 is 1.25 bits per heavy atom. The van der Waals surface area contributed by atoms with Crippen LogP contribution in [0.2, 0.25) is 0 Å². The molecule has 40 heavy (non-hydrogen) atoms. The number of ether oxygens (including phenoxy) is 1. The summed E-state index contributed by atoms with van der Waals surface area (Å²) in [5.41, 5.74) is 8.30. The Labute approximate surface area is 232 Å². The first kappa shape index (κ1) is 28.4. The highest BCUT2D eigenvalue weighted by Crippen LogP contribution is 2.39. The summed E-state index contributed by atoms with van der Waals surface area (Å²) in [4.78, 5) is 25.9. The van der Waals surface area contributed by atoms with E-state index in [1.54, 1.807) is 28.9 Å². The maximum atomic E-state index is 13.6. The molecule has 1 saturated heterocycles. The van der Waals surface area contributed by atoms with Crippen molar-refractivity contribution in [1.29, 1.82) is 5.26 Å². The molecule has 0 spiro atoms. The molecule has 2 atom stereocenters. The van der Waals surface area contributed by atoms with Gasteiger partial charge in [-0.05, 0) is 35.6 Å². The number of anilines is 1. The molecule has 0 radical (unpaired) electrons. The number of benzene rings is 2. The molecule has 11 heteroatoms. The van der Waals surface area contributed by atoms with Crippen molar-refractivity contribution < 1.29 is 23.8 Å². The third-order valence-electron chi connectivity index (χ3n) is 7.25. The first-order valence-electron chi connectivity index (χ1n) is 12.9. The van der Waals surface area contributed by atoms with Crippen LogP contribution in [0.4, 0.5) is 15.0 Å². The third-order valence-corrected chi connectivity index (χ3v) is 7.25. The molecule has 1 aliphatic heterocycles. The lowest BCUT2D eigenvalue weighted by Crippen LogP contribution is -2.46. The van der Waals surface area contributed by atoms with Gasteiger partial charge in [-0.25, -0.2) is 13.9 Å². The zero-order valence-corrected chi connectivity index (χ0v) is 22.9. The summed E-state index contributed by atoms with van der Waals surface area (Å²) in [7, 11) is 1.41. The molecule has 2 amide bonds. The molecule has 0 aliphatic carbocycles. The van der Waals surface area contributed by atoms with Crippen molar-refractivity contribution in [1.82, 2.24) is 20.0 Å². The molecular formula is C29H33FN6O4. The topological polar surface area (TPSA) is 146 Å². The molecule has 1 fully saturated rings. The van der Waals surface area contributed by atoms with Gasteiger partial charge in [0, 0.05) is 37.2 Å². The summed E-state index contributed by atoms with van der Waals surface area (Å²) in [6.45, 7) is 7.07. The van der Waals surface area contributed by atoms with Crippen LogP contribution in [0, 0.1) is 28.5 Å². The highest BCUT2D eigenvalue weighted by atomic mass is 19.1. The second-order valence-corrected chi connectivity index (χ2v) is 11.0. The predicted molar refractivity (Wildman–Crippen MR) is 147 cm³/mol. The number of likely N-dealkylation sites (tertiary alicyclic amines) is 1. The Morgan fingerprint density at radius 3 is 2.55 bits per heavy atom. The van der Waals surface area contributed by atoms with E-state index in [4.69, 9.17) is 10.5 Å². The molecule has 10 nitrogen and oxygen atoms in total. The molecule has 1 aliphatic rings. The van der Waals surface area contributed by atoms with Crippen molar-refractivity contribution in [3.05, 3.63) is 65.0 Å². The molecule has 1 aromatic heterocycles. The highest BCUT2D eigenvalue weighted by Gasteiger charge is 2.44. The number of carbonyl (C=O) groups excluding carboxylic acids is 1. The standard InChI is InChI=1S/C29H33FN6O4/c1-29(2,3)25-19(11-12-35(25)28(38)39)16-36-26(32)22(14-31)24(34-36)18-7-5-17(6-8-18)15-33-27(37)21-13-20(30)9-10-23(21)40-4/h5-10,13,19,25H,11-12,15-16,32H2,1-4H3,(H,33,37)(H,38,39)/t19-,25?/m1/s1. The fourth-order valence-corrected chi connectivity index (χ4v) is 5.50. The van der Waals surface area contributed by atoms with E-state index in [2.05, 4.69) is 16.5 Å². The number of nitriles is 1. The van der Waals surface area contributed by atoms with Crippen LogP contribution in [0.5, 0.6) is 5.75 Å². The van der Waals surface area contributed by atoms with Gasteiger partial charge in [0.05, 0.1) is 12.7 Å². The number of methoxy groups -OCH3 is 1. The lowest BCUT2D eigenvalue weighted by atomic mass is 9.79. The Hall–Kier alpha value is -4.59. The number of aromatic nitrogens is 2. The molecule has 0 bridgehead atoms. The van der Waals surface area contributed by atoms with Crippen molar-refractivity contribution >= 4 is 17.8 Å². The van der Waals surface area contributed by atoms with E-state index in [1.165, 1.54) is 24.1 Å². The van der Waals surface area contributed by atoms with Gasteiger partial charge >= 0.3 is 6.09 Å². The van der Waals surface area contributed by atoms with Gasteiger partial charge in [0.15, 0.2) is 0 Å². The van der Waals surface area contributed by atoms with E-state index in [0.29, 0.717) is 30.8 Å². The first-order chi connectivity index (χ1) is 18.9. The maximum absolute atomic E-state index is 13.6. The third kappa shape index (κ3) is 5.71. The number of hydrogen-bond donors (Lipinski definition) is 3. The molecule has 2 aromatic carbocycles. The number of carbonyl (C=O) groups is 2. The number of nitrogens with two attached hydrogens (primary N) is 1. The van der Waals surface area contributed by atoms with Crippen LogP contribution in [-0.2, 0) is 13.1 Å². The van der Waals surface area contributed by atoms with Crippen LogP contribution >= 0.6 is 0 Å². The van der Waals surface area contributed by atoms with E-state index < -0.39 is 17.8 Å². The normalized spacial score (nSPS) is 16.9. The summed E-state index contributed by atoms with van der Waals surface area (Å²) in [5.74, 6) is -0.516. The van der Waals surface area contributed by atoms with Gasteiger partial charge in [-0.15, -0.1) is 0 Å². The predicted octanol–water partition coefficient (Wildman–Crippen LogP) is 4.50. The summed E-state index contributed by atoms with van der Waals surface area (Å²) in [6, 6.07) is 12.8. The number of halogens is 1. The maximum Gasteiger partial charge on any atom is 0.407 e. The van der Waals surface area contributed by atoms with Gasteiger partial charge in [-0.2, -0.15) is 10.4 Å². The van der Waals surface area contributed by atoms with Gasteiger partial charge in [-0.3, -0.25) is 4.79 Å². The smallest absolute Gasteiger partial charge is 0.407 e. The number of rotatable bonds is 7. The average molecular weight is 549 g/mol. The molecule has 4 N–H and O–H groups in total. The van der Waals surface area contributed by atoms with Gasteiger partial charge in [-0.1, -0.05) is 45.0 Å². The van der Waals surface area contributed by atoms with Crippen molar-refractivity contribution in [3.8, 4) is 23.1 Å². The molecule has 2 heterocycles. The van der Waals surface area contributed by atoms with E-state index in [-0.39, 0.29) is 46.6 Å². The first-order valence-corrected chi connectivity index (χ1v) is 12.9. The summed E-state index contributed by atoms with van der Waals surface area (Å²) in [5, 5.41) is 27.0.